The third kappa shape index (κ3) is 6.01. The molecule has 0 aliphatic heterocycles. The second-order valence-electron chi connectivity index (χ2n) is 4.16. The second-order valence-corrected chi connectivity index (χ2v) is 4.16. The zero-order chi connectivity index (χ0) is 11.0. The zero-order valence-electron chi connectivity index (χ0n) is 10.2. The van der Waals surface area contributed by atoms with Crippen molar-refractivity contribution in [2.45, 2.75) is 53.4 Å². The molecule has 0 heterocycles. The molecule has 1 unspecified atom stereocenters. The Morgan fingerprint density at radius 2 is 1.93 bits per heavy atom. The van der Waals surface area contributed by atoms with Gasteiger partial charge >= 0.3 is 0 Å². The maximum absolute atomic E-state index is 11.2. The van der Waals surface area contributed by atoms with Crippen LogP contribution in [-0.4, -0.2) is 23.9 Å². The van der Waals surface area contributed by atoms with Crippen molar-refractivity contribution >= 4 is 5.91 Å². The highest BCUT2D eigenvalue weighted by Gasteiger charge is 2.10. The molecule has 0 fully saturated rings. The molecule has 0 aromatic heterocycles. The fourth-order valence-corrected chi connectivity index (χ4v) is 1.69. The molecule has 0 aromatic carbocycles. The summed E-state index contributed by atoms with van der Waals surface area (Å²) in [7, 11) is 0. The van der Waals surface area contributed by atoms with Crippen LogP contribution in [0.2, 0.25) is 0 Å². The lowest BCUT2D eigenvalue weighted by atomic mass is 10.0. The average Bonchev–Trinajstić information content (AvgIpc) is 2.14. The Balaban J connectivity index is 3.67. The minimum absolute atomic E-state index is 0.204. The summed E-state index contributed by atoms with van der Waals surface area (Å²) in [4.78, 5) is 13.1. The van der Waals surface area contributed by atoms with Gasteiger partial charge in [0, 0.05) is 20.0 Å². The molecule has 0 aliphatic rings. The minimum atomic E-state index is 0.204. The summed E-state index contributed by atoms with van der Waals surface area (Å²) in [6.45, 7) is 9.92. The van der Waals surface area contributed by atoms with Crippen LogP contribution in [-0.2, 0) is 4.79 Å². The molecule has 84 valence electrons. The van der Waals surface area contributed by atoms with Gasteiger partial charge in [0.25, 0.3) is 0 Å². The van der Waals surface area contributed by atoms with Crippen LogP contribution in [0.3, 0.4) is 0 Å². The van der Waals surface area contributed by atoms with Crippen LogP contribution in [0.5, 0.6) is 0 Å². The first kappa shape index (κ1) is 13.5. The van der Waals surface area contributed by atoms with Crippen LogP contribution in [0.25, 0.3) is 0 Å². The van der Waals surface area contributed by atoms with Gasteiger partial charge in [0.15, 0.2) is 0 Å². The molecule has 0 radical (unpaired) electrons. The van der Waals surface area contributed by atoms with Crippen molar-refractivity contribution in [1.29, 1.82) is 0 Å². The van der Waals surface area contributed by atoms with Gasteiger partial charge in [0.05, 0.1) is 0 Å². The standard InChI is InChI=1S/C12H25NO/c1-5-7-8-9-11(3)10-13(6-2)12(4)14/h11H,5-10H2,1-4H3. The van der Waals surface area contributed by atoms with Gasteiger partial charge in [-0.25, -0.2) is 0 Å². The van der Waals surface area contributed by atoms with Crippen LogP contribution in [0.1, 0.15) is 53.4 Å². The Morgan fingerprint density at radius 1 is 1.29 bits per heavy atom. The maximum atomic E-state index is 11.2. The second kappa shape index (κ2) is 7.84. The molecular formula is C12H25NO. The lowest BCUT2D eigenvalue weighted by Crippen LogP contribution is -2.32. The third-order valence-corrected chi connectivity index (χ3v) is 2.66. The van der Waals surface area contributed by atoms with Crippen molar-refractivity contribution in [1.82, 2.24) is 4.90 Å². The van der Waals surface area contributed by atoms with E-state index in [1.807, 2.05) is 11.8 Å². The summed E-state index contributed by atoms with van der Waals surface area (Å²) < 4.78 is 0. The van der Waals surface area contributed by atoms with Gasteiger partial charge in [-0.1, -0.05) is 33.1 Å². The molecule has 0 rings (SSSR count). The molecule has 0 aromatic rings. The van der Waals surface area contributed by atoms with Crippen molar-refractivity contribution in [3.63, 3.8) is 0 Å². The Morgan fingerprint density at radius 3 is 2.36 bits per heavy atom. The lowest BCUT2D eigenvalue weighted by Gasteiger charge is -2.23. The van der Waals surface area contributed by atoms with Crippen LogP contribution in [0.4, 0.5) is 0 Å². The van der Waals surface area contributed by atoms with E-state index in [-0.39, 0.29) is 5.91 Å². The van der Waals surface area contributed by atoms with Gasteiger partial charge in [-0.2, -0.15) is 0 Å². The molecule has 1 atom stereocenters. The lowest BCUT2D eigenvalue weighted by molar-refractivity contribution is -0.129. The Hall–Kier alpha value is -0.530. The fourth-order valence-electron chi connectivity index (χ4n) is 1.69. The number of rotatable bonds is 7. The van der Waals surface area contributed by atoms with E-state index >= 15 is 0 Å². The number of carbonyl (C=O) groups excluding carboxylic acids is 1. The highest BCUT2D eigenvalue weighted by molar-refractivity contribution is 5.73. The molecule has 0 N–H and O–H groups in total. The van der Waals surface area contributed by atoms with Crippen LogP contribution >= 0.6 is 0 Å². The minimum Gasteiger partial charge on any atom is -0.343 e. The van der Waals surface area contributed by atoms with E-state index in [1.165, 1.54) is 25.7 Å². The number of nitrogens with zero attached hydrogens (tertiary/aromatic N) is 1. The van der Waals surface area contributed by atoms with Crippen LogP contribution in [0, 0.1) is 5.92 Å². The van der Waals surface area contributed by atoms with E-state index in [9.17, 15) is 4.79 Å². The van der Waals surface area contributed by atoms with Crippen molar-refractivity contribution in [2.75, 3.05) is 13.1 Å². The van der Waals surface area contributed by atoms with E-state index in [2.05, 4.69) is 13.8 Å². The quantitative estimate of drug-likeness (QED) is 0.577. The molecule has 0 saturated carbocycles. The number of carbonyl (C=O) groups is 1. The molecule has 2 nitrogen and oxygen atoms in total. The number of unbranched alkanes of at least 4 members (excludes halogenated alkanes) is 2. The Kier molecular flexibility index (Phi) is 7.54. The first-order valence-corrected chi connectivity index (χ1v) is 5.87. The van der Waals surface area contributed by atoms with Crippen LogP contribution in [0.15, 0.2) is 0 Å². The topological polar surface area (TPSA) is 20.3 Å². The number of hydrogen-bond acceptors (Lipinski definition) is 1. The highest BCUT2D eigenvalue weighted by Crippen LogP contribution is 2.10. The van der Waals surface area contributed by atoms with Gasteiger partial charge in [-0.3, -0.25) is 4.79 Å². The summed E-state index contributed by atoms with van der Waals surface area (Å²) in [6, 6.07) is 0. The molecular weight excluding hydrogens is 174 g/mol. The van der Waals surface area contributed by atoms with E-state index in [4.69, 9.17) is 0 Å². The molecule has 2 heteroatoms. The van der Waals surface area contributed by atoms with E-state index in [0.29, 0.717) is 5.92 Å². The largest absolute Gasteiger partial charge is 0.343 e. The molecule has 14 heavy (non-hydrogen) atoms. The maximum Gasteiger partial charge on any atom is 0.219 e. The zero-order valence-corrected chi connectivity index (χ0v) is 10.2. The summed E-state index contributed by atoms with van der Waals surface area (Å²) in [6.07, 6.45) is 5.14. The summed E-state index contributed by atoms with van der Waals surface area (Å²) >= 11 is 0. The van der Waals surface area contributed by atoms with E-state index in [0.717, 1.165) is 13.1 Å². The normalized spacial score (nSPS) is 12.6. The van der Waals surface area contributed by atoms with Gasteiger partial charge < -0.3 is 4.90 Å². The summed E-state index contributed by atoms with van der Waals surface area (Å²) in [5, 5.41) is 0. The monoisotopic (exact) mass is 199 g/mol. The Labute approximate surface area is 88.7 Å². The molecule has 0 spiro atoms. The van der Waals surface area contributed by atoms with Gasteiger partial charge in [-0.15, -0.1) is 0 Å². The number of hydrogen-bond donors (Lipinski definition) is 0. The first-order chi connectivity index (χ1) is 6.61. The fraction of sp³-hybridized carbons (Fsp3) is 0.917. The van der Waals surface area contributed by atoms with Crippen LogP contribution < -0.4 is 0 Å². The predicted octanol–water partition coefficient (Wildman–Crippen LogP) is 3.07. The first-order valence-electron chi connectivity index (χ1n) is 5.87. The van der Waals surface area contributed by atoms with Gasteiger partial charge in [-0.05, 0) is 19.3 Å². The molecule has 0 bridgehead atoms. The van der Waals surface area contributed by atoms with Crippen molar-refractivity contribution < 1.29 is 4.79 Å². The Bertz CT molecular complexity index is 156. The molecule has 0 saturated heterocycles. The number of amides is 1. The predicted molar refractivity (Wildman–Crippen MR) is 61.2 cm³/mol. The molecule has 1 amide bonds. The van der Waals surface area contributed by atoms with Crippen molar-refractivity contribution in [2.24, 2.45) is 5.92 Å². The molecule has 0 aliphatic carbocycles. The van der Waals surface area contributed by atoms with Crippen molar-refractivity contribution in [3.8, 4) is 0 Å². The smallest absolute Gasteiger partial charge is 0.219 e. The summed E-state index contributed by atoms with van der Waals surface area (Å²) in [5.41, 5.74) is 0. The van der Waals surface area contributed by atoms with E-state index < -0.39 is 0 Å². The van der Waals surface area contributed by atoms with Gasteiger partial charge in [0.1, 0.15) is 0 Å². The summed E-state index contributed by atoms with van der Waals surface area (Å²) in [5.74, 6) is 0.847. The average molecular weight is 199 g/mol. The van der Waals surface area contributed by atoms with Crippen molar-refractivity contribution in [3.05, 3.63) is 0 Å². The third-order valence-electron chi connectivity index (χ3n) is 2.66. The SMILES string of the molecule is CCCCCC(C)CN(CC)C(C)=O. The highest BCUT2D eigenvalue weighted by atomic mass is 16.2. The van der Waals surface area contributed by atoms with Gasteiger partial charge in [0.2, 0.25) is 5.91 Å². The van der Waals surface area contributed by atoms with E-state index in [1.54, 1.807) is 6.92 Å².